The van der Waals surface area contributed by atoms with Crippen LogP contribution < -0.4 is 5.32 Å². The minimum Gasteiger partial charge on any atom is -0.352 e. The molecule has 5 heteroatoms. The van der Waals surface area contributed by atoms with Gasteiger partial charge in [-0.15, -0.1) is 0 Å². The smallest absolute Gasteiger partial charge is 0.242 e. The fourth-order valence-electron chi connectivity index (χ4n) is 3.87. The van der Waals surface area contributed by atoms with Crippen LogP contribution in [0.25, 0.3) is 0 Å². The van der Waals surface area contributed by atoms with Gasteiger partial charge in [0, 0.05) is 17.6 Å². The van der Waals surface area contributed by atoms with E-state index < -0.39 is 6.04 Å². The number of carbonyl (C=O) groups is 2. The van der Waals surface area contributed by atoms with Gasteiger partial charge in [0.1, 0.15) is 6.04 Å². The van der Waals surface area contributed by atoms with Gasteiger partial charge in [-0.2, -0.15) is 0 Å². The molecule has 2 aromatic carbocycles. The molecule has 1 fully saturated rings. The average molecular weight is 413 g/mol. The topological polar surface area (TPSA) is 49.4 Å². The number of hydrogen-bond acceptors (Lipinski definition) is 2. The van der Waals surface area contributed by atoms with E-state index in [1.54, 1.807) is 17.0 Å². The van der Waals surface area contributed by atoms with E-state index >= 15 is 0 Å². The summed E-state index contributed by atoms with van der Waals surface area (Å²) in [4.78, 5) is 27.8. The van der Waals surface area contributed by atoms with E-state index in [4.69, 9.17) is 11.6 Å². The Hall–Kier alpha value is -2.33. The van der Waals surface area contributed by atoms with Crippen molar-refractivity contribution in [2.75, 3.05) is 0 Å². The molecule has 154 valence electrons. The average Bonchev–Trinajstić information content (AvgIpc) is 3.19. The van der Waals surface area contributed by atoms with E-state index in [0.717, 1.165) is 42.4 Å². The lowest BCUT2D eigenvalue weighted by Crippen LogP contribution is -2.50. The molecule has 1 aliphatic carbocycles. The van der Waals surface area contributed by atoms with Crippen molar-refractivity contribution in [3.8, 4) is 0 Å². The highest BCUT2D eigenvalue weighted by atomic mass is 35.5. The SMILES string of the molecule is Cc1ccccc1CN(C(=O)Cc1cccc(Cl)c1)C(C)C(=O)NC1CCCC1. The molecule has 0 saturated heterocycles. The second-order valence-electron chi connectivity index (χ2n) is 7.92. The molecule has 0 aromatic heterocycles. The highest BCUT2D eigenvalue weighted by molar-refractivity contribution is 6.30. The van der Waals surface area contributed by atoms with Gasteiger partial charge >= 0.3 is 0 Å². The number of hydrogen-bond donors (Lipinski definition) is 1. The molecule has 0 heterocycles. The van der Waals surface area contributed by atoms with E-state index in [2.05, 4.69) is 5.32 Å². The maximum atomic E-state index is 13.2. The van der Waals surface area contributed by atoms with Crippen LogP contribution in [0.15, 0.2) is 48.5 Å². The summed E-state index contributed by atoms with van der Waals surface area (Å²) in [5.41, 5.74) is 3.00. The number of aryl methyl sites for hydroxylation is 1. The van der Waals surface area contributed by atoms with Crippen molar-refractivity contribution < 1.29 is 9.59 Å². The monoisotopic (exact) mass is 412 g/mol. The van der Waals surface area contributed by atoms with Crippen LogP contribution >= 0.6 is 11.6 Å². The number of nitrogens with one attached hydrogen (secondary N) is 1. The van der Waals surface area contributed by atoms with Crippen molar-refractivity contribution in [2.24, 2.45) is 0 Å². The van der Waals surface area contributed by atoms with Crippen LogP contribution in [0, 0.1) is 6.92 Å². The van der Waals surface area contributed by atoms with Crippen LogP contribution in [-0.2, 0) is 22.6 Å². The third-order valence-corrected chi connectivity index (χ3v) is 5.95. The zero-order valence-electron chi connectivity index (χ0n) is 17.2. The highest BCUT2D eigenvalue weighted by Crippen LogP contribution is 2.20. The Bertz CT molecular complexity index is 861. The quantitative estimate of drug-likeness (QED) is 0.718. The summed E-state index contributed by atoms with van der Waals surface area (Å²) in [6, 6.07) is 15.0. The molecule has 1 N–H and O–H groups in total. The molecule has 0 aliphatic heterocycles. The molecule has 1 saturated carbocycles. The van der Waals surface area contributed by atoms with Gasteiger partial charge in [0.15, 0.2) is 0 Å². The lowest BCUT2D eigenvalue weighted by Gasteiger charge is -2.30. The number of benzene rings is 2. The normalized spacial score (nSPS) is 15.1. The van der Waals surface area contributed by atoms with Crippen molar-refractivity contribution in [3.05, 3.63) is 70.2 Å². The Kier molecular flexibility index (Phi) is 7.32. The number of amides is 2. The van der Waals surface area contributed by atoms with E-state index in [1.807, 2.05) is 50.2 Å². The first-order valence-corrected chi connectivity index (χ1v) is 10.7. The first-order chi connectivity index (χ1) is 13.9. The van der Waals surface area contributed by atoms with Gasteiger partial charge in [-0.05, 0) is 55.5 Å². The molecular weight excluding hydrogens is 384 g/mol. The number of nitrogens with zero attached hydrogens (tertiary/aromatic N) is 1. The summed E-state index contributed by atoms with van der Waals surface area (Å²) in [5, 5.41) is 3.74. The molecule has 1 unspecified atom stereocenters. The van der Waals surface area contributed by atoms with E-state index in [-0.39, 0.29) is 24.3 Å². The summed E-state index contributed by atoms with van der Waals surface area (Å²) >= 11 is 6.08. The summed E-state index contributed by atoms with van der Waals surface area (Å²) in [6.07, 6.45) is 4.56. The molecule has 1 aliphatic rings. The standard InChI is InChI=1S/C24H29ClN2O2/c1-17-8-3-4-10-20(17)16-27(18(2)24(29)26-22-12-5-6-13-22)23(28)15-19-9-7-11-21(25)14-19/h3-4,7-11,14,18,22H,5-6,12-13,15-16H2,1-2H3,(H,26,29). The van der Waals surface area contributed by atoms with Crippen molar-refractivity contribution in [1.82, 2.24) is 10.2 Å². The van der Waals surface area contributed by atoms with Crippen LogP contribution in [0.5, 0.6) is 0 Å². The molecule has 2 amide bonds. The van der Waals surface area contributed by atoms with Crippen molar-refractivity contribution >= 4 is 23.4 Å². The number of rotatable bonds is 7. The molecule has 4 nitrogen and oxygen atoms in total. The third-order valence-electron chi connectivity index (χ3n) is 5.72. The zero-order valence-corrected chi connectivity index (χ0v) is 17.9. The van der Waals surface area contributed by atoms with Crippen molar-refractivity contribution in [1.29, 1.82) is 0 Å². The molecule has 0 radical (unpaired) electrons. The van der Waals surface area contributed by atoms with E-state index in [1.165, 1.54) is 0 Å². The first-order valence-electron chi connectivity index (χ1n) is 10.3. The highest BCUT2D eigenvalue weighted by Gasteiger charge is 2.28. The van der Waals surface area contributed by atoms with Crippen LogP contribution in [0.3, 0.4) is 0 Å². The molecule has 0 bridgehead atoms. The predicted molar refractivity (Wildman–Crippen MR) is 117 cm³/mol. The van der Waals surface area contributed by atoms with Crippen LogP contribution in [0.1, 0.15) is 49.3 Å². The second-order valence-corrected chi connectivity index (χ2v) is 8.36. The fraction of sp³-hybridized carbons (Fsp3) is 0.417. The minimum atomic E-state index is -0.540. The molecule has 29 heavy (non-hydrogen) atoms. The minimum absolute atomic E-state index is 0.0788. The Morgan fingerprint density at radius 1 is 1.14 bits per heavy atom. The maximum absolute atomic E-state index is 13.2. The third kappa shape index (κ3) is 5.83. The van der Waals surface area contributed by atoms with Crippen molar-refractivity contribution in [3.63, 3.8) is 0 Å². The van der Waals surface area contributed by atoms with Gasteiger partial charge in [0.05, 0.1) is 6.42 Å². The van der Waals surface area contributed by atoms with Crippen LogP contribution in [-0.4, -0.2) is 28.8 Å². The van der Waals surface area contributed by atoms with Gasteiger partial charge in [-0.1, -0.05) is 60.8 Å². The number of carbonyl (C=O) groups excluding carboxylic acids is 2. The van der Waals surface area contributed by atoms with Gasteiger partial charge < -0.3 is 10.2 Å². The van der Waals surface area contributed by atoms with Crippen LogP contribution in [0.4, 0.5) is 0 Å². The Morgan fingerprint density at radius 2 is 1.86 bits per heavy atom. The Morgan fingerprint density at radius 3 is 2.55 bits per heavy atom. The lowest BCUT2D eigenvalue weighted by atomic mass is 10.1. The molecular formula is C24H29ClN2O2. The van der Waals surface area contributed by atoms with Gasteiger partial charge in [-0.25, -0.2) is 0 Å². The Labute approximate surface area is 178 Å². The summed E-state index contributed by atoms with van der Waals surface area (Å²) in [7, 11) is 0. The summed E-state index contributed by atoms with van der Waals surface area (Å²) < 4.78 is 0. The second kappa shape index (κ2) is 9.93. The fourth-order valence-corrected chi connectivity index (χ4v) is 4.08. The van der Waals surface area contributed by atoms with Gasteiger partial charge in [0.2, 0.25) is 11.8 Å². The van der Waals surface area contributed by atoms with E-state index in [9.17, 15) is 9.59 Å². The van der Waals surface area contributed by atoms with E-state index in [0.29, 0.717) is 11.6 Å². The predicted octanol–water partition coefficient (Wildman–Crippen LogP) is 4.67. The zero-order chi connectivity index (χ0) is 20.8. The van der Waals surface area contributed by atoms with Crippen LogP contribution in [0.2, 0.25) is 5.02 Å². The number of halogens is 1. The summed E-state index contributed by atoms with van der Waals surface area (Å²) in [5.74, 6) is -0.158. The van der Waals surface area contributed by atoms with Gasteiger partial charge in [0.25, 0.3) is 0 Å². The molecule has 1 atom stereocenters. The molecule has 0 spiro atoms. The molecule has 2 aromatic rings. The largest absolute Gasteiger partial charge is 0.352 e. The summed E-state index contributed by atoms with van der Waals surface area (Å²) in [6.45, 7) is 4.25. The molecule has 3 rings (SSSR count). The maximum Gasteiger partial charge on any atom is 0.242 e. The van der Waals surface area contributed by atoms with Gasteiger partial charge in [-0.3, -0.25) is 9.59 Å². The van der Waals surface area contributed by atoms with Crippen molar-refractivity contribution in [2.45, 2.75) is 64.6 Å². The first kappa shape index (κ1) is 21.4. The lowest BCUT2D eigenvalue weighted by molar-refractivity contribution is -0.140. The Balaban J connectivity index is 1.78.